The topological polar surface area (TPSA) is 49.4 Å². The summed E-state index contributed by atoms with van der Waals surface area (Å²) >= 11 is 6.45. The third-order valence-corrected chi connectivity index (χ3v) is 5.39. The van der Waals surface area contributed by atoms with Crippen molar-refractivity contribution in [1.29, 1.82) is 0 Å². The van der Waals surface area contributed by atoms with Gasteiger partial charge in [-0.1, -0.05) is 66.5 Å². The third-order valence-electron chi connectivity index (χ3n) is 4.04. The van der Waals surface area contributed by atoms with Crippen LogP contribution >= 0.6 is 24.0 Å². The second-order valence-corrected chi connectivity index (χ2v) is 7.69. The number of carbonyl (C=O) groups excluding carboxylic acids is 2. The zero-order chi connectivity index (χ0) is 20.1. The van der Waals surface area contributed by atoms with Gasteiger partial charge in [-0.2, -0.15) is 0 Å². The van der Waals surface area contributed by atoms with Crippen LogP contribution in [0.5, 0.6) is 0 Å². The molecule has 3 rings (SSSR count). The van der Waals surface area contributed by atoms with Crippen LogP contribution in [-0.2, 0) is 9.59 Å². The summed E-state index contributed by atoms with van der Waals surface area (Å²) in [5.41, 5.74) is 1.46. The number of nitrogens with one attached hydrogen (secondary N) is 1. The number of hydrogen-bond donors (Lipinski definition) is 1. The van der Waals surface area contributed by atoms with Gasteiger partial charge in [0, 0.05) is 5.69 Å². The standard InChI is InChI=1S/C21H17FN2O2S2/c1-14(19(25)23-17-12-10-16(22)11-13-17)24-20(26)18(28-21(24)27)9-5-8-15-6-3-2-4-7-15/h2-14H,1H3,(H,23,25)/b8-5+,18-9-. The van der Waals surface area contributed by atoms with Crippen LogP contribution in [0.2, 0.25) is 0 Å². The summed E-state index contributed by atoms with van der Waals surface area (Å²) in [6.45, 7) is 1.60. The smallest absolute Gasteiger partial charge is 0.266 e. The van der Waals surface area contributed by atoms with E-state index in [0.29, 0.717) is 14.9 Å². The molecule has 2 aromatic carbocycles. The number of anilines is 1. The van der Waals surface area contributed by atoms with Crippen molar-refractivity contribution in [2.45, 2.75) is 13.0 Å². The average Bonchev–Trinajstić information content (AvgIpc) is 2.97. The lowest BCUT2D eigenvalue weighted by molar-refractivity contribution is -0.129. The quantitative estimate of drug-likeness (QED) is 0.576. The highest BCUT2D eigenvalue weighted by molar-refractivity contribution is 8.26. The van der Waals surface area contributed by atoms with Gasteiger partial charge in [0.15, 0.2) is 0 Å². The van der Waals surface area contributed by atoms with E-state index in [-0.39, 0.29) is 5.91 Å². The maximum Gasteiger partial charge on any atom is 0.266 e. The van der Waals surface area contributed by atoms with Crippen LogP contribution in [0.25, 0.3) is 6.08 Å². The first kappa shape index (κ1) is 20.0. The Labute approximate surface area is 172 Å². The summed E-state index contributed by atoms with van der Waals surface area (Å²) in [5, 5.41) is 2.66. The fourth-order valence-electron chi connectivity index (χ4n) is 2.54. The number of thiocarbonyl (C=S) groups is 1. The number of carbonyl (C=O) groups is 2. The Hall–Kier alpha value is -2.77. The first-order valence-corrected chi connectivity index (χ1v) is 9.73. The van der Waals surface area contributed by atoms with E-state index in [0.717, 1.165) is 17.3 Å². The number of benzene rings is 2. The molecule has 1 N–H and O–H groups in total. The predicted octanol–water partition coefficient (Wildman–Crippen LogP) is 4.61. The fraction of sp³-hybridized carbons (Fsp3) is 0.0952. The van der Waals surface area contributed by atoms with Crippen LogP contribution in [0.4, 0.5) is 10.1 Å². The summed E-state index contributed by atoms with van der Waals surface area (Å²) < 4.78 is 13.3. The lowest BCUT2D eigenvalue weighted by Gasteiger charge is -2.22. The monoisotopic (exact) mass is 412 g/mol. The van der Waals surface area contributed by atoms with Crippen molar-refractivity contribution in [2.24, 2.45) is 0 Å². The van der Waals surface area contributed by atoms with Gasteiger partial charge >= 0.3 is 0 Å². The summed E-state index contributed by atoms with van der Waals surface area (Å²) in [6, 6.07) is 14.3. The number of thioether (sulfide) groups is 1. The van der Waals surface area contributed by atoms with Gasteiger partial charge in [-0.25, -0.2) is 4.39 Å². The molecule has 142 valence electrons. The normalized spacial score (nSPS) is 16.8. The molecule has 1 saturated heterocycles. The highest BCUT2D eigenvalue weighted by atomic mass is 32.2. The first-order chi connectivity index (χ1) is 13.5. The molecule has 1 fully saturated rings. The molecule has 28 heavy (non-hydrogen) atoms. The maximum atomic E-state index is 13.0. The third kappa shape index (κ3) is 4.74. The molecule has 7 heteroatoms. The van der Waals surface area contributed by atoms with Gasteiger partial charge in [0.05, 0.1) is 4.91 Å². The van der Waals surface area contributed by atoms with Crippen molar-refractivity contribution in [3.05, 3.63) is 83.0 Å². The molecule has 4 nitrogen and oxygen atoms in total. The van der Waals surface area contributed by atoms with Crippen LogP contribution in [-0.4, -0.2) is 27.1 Å². The summed E-state index contributed by atoms with van der Waals surface area (Å²) in [6.07, 6.45) is 5.36. The van der Waals surface area contributed by atoms with Crippen molar-refractivity contribution in [3.63, 3.8) is 0 Å². The molecule has 1 heterocycles. The predicted molar refractivity (Wildman–Crippen MR) is 115 cm³/mol. The number of nitrogens with zero attached hydrogens (tertiary/aromatic N) is 1. The molecule has 2 aromatic rings. The minimum Gasteiger partial charge on any atom is -0.324 e. The number of halogens is 1. The van der Waals surface area contributed by atoms with Crippen LogP contribution in [0, 0.1) is 5.82 Å². The second-order valence-electron chi connectivity index (χ2n) is 6.02. The molecule has 0 aromatic heterocycles. The Morgan fingerprint density at radius 3 is 2.54 bits per heavy atom. The molecule has 1 aliphatic rings. The first-order valence-electron chi connectivity index (χ1n) is 8.51. The molecule has 0 radical (unpaired) electrons. The van der Waals surface area contributed by atoms with E-state index in [1.807, 2.05) is 36.4 Å². The minimum atomic E-state index is -0.790. The molecule has 0 saturated carbocycles. The summed E-state index contributed by atoms with van der Waals surface area (Å²) in [7, 11) is 0. The van der Waals surface area contributed by atoms with Crippen molar-refractivity contribution in [1.82, 2.24) is 4.90 Å². The summed E-state index contributed by atoms with van der Waals surface area (Å²) in [4.78, 5) is 26.9. The van der Waals surface area contributed by atoms with Gasteiger partial charge in [0.2, 0.25) is 5.91 Å². The number of amides is 2. The fourth-order valence-corrected chi connectivity index (χ4v) is 3.91. The van der Waals surface area contributed by atoms with Crippen LogP contribution in [0.15, 0.2) is 71.7 Å². The molecule has 1 aliphatic heterocycles. The molecule has 0 bridgehead atoms. The molecule has 0 aliphatic carbocycles. The van der Waals surface area contributed by atoms with Crippen molar-refractivity contribution in [2.75, 3.05) is 5.32 Å². The van der Waals surface area contributed by atoms with Crippen LogP contribution < -0.4 is 5.32 Å². The minimum absolute atomic E-state index is 0.311. The molecular weight excluding hydrogens is 395 g/mol. The van der Waals surface area contributed by atoms with E-state index in [1.165, 1.54) is 29.2 Å². The lowest BCUT2D eigenvalue weighted by atomic mass is 10.2. The van der Waals surface area contributed by atoms with Gasteiger partial charge in [-0.3, -0.25) is 14.5 Å². The Morgan fingerprint density at radius 1 is 1.18 bits per heavy atom. The van der Waals surface area contributed by atoms with E-state index < -0.39 is 17.8 Å². The number of hydrogen-bond acceptors (Lipinski definition) is 4. The van der Waals surface area contributed by atoms with Gasteiger partial charge < -0.3 is 5.32 Å². The average molecular weight is 413 g/mol. The second kappa shape index (κ2) is 8.95. The zero-order valence-corrected chi connectivity index (χ0v) is 16.6. The molecule has 0 spiro atoms. The van der Waals surface area contributed by atoms with Crippen molar-refractivity contribution in [3.8, 4) is 0 Å². The largest absolute Gasteiger partial charge is 0.324 e. The number of allylic oxidation sites excluding steroid dienone is 2. The van der Waals surface area contributed by atoms with E-state index in [1.54, 1.807) is 19.1 Å². The van der Waals surface area contributed by atoms with E-state index >= 15 is 0 Å². The van der Waals surface area contributed by atoms with Crippen molar-refractivity contribution < 1.29 is 14.0 Å². The Morgan fingerprint density at radius 2 is 1.86 bits per heavy atom. The summed E-state index contributed by atoms with van der Waals surface area (Å²) in [5.74, 6) is -1.10. The highest BCUT2D eigenvalue weighted by Crippen LogP contribution is 2.32. The number of rotatable bonds is 5. The maximum absolute atomic E-state index is 13.0. The zero-order valence-electron chi connectivity index (χ0n) is 15.0. The van der Waals surface area contributed by atoms with Crippen LogP contribution in [0.1, 0.15) is 12.5 Å². The Bertz CT molecular complexity index is 956. The van der Waals surface area contributed by atoms with E-state index in [4.69, 9.17) is 12.2 Å². The van der Waals surface area contributed by atoms with E-state index in [2.05, 4.69) is 5.32 Å². The highest BCUT2D eigenvalue weighted by Gasteiger charge is 2.37. The lowest BCUT2D eigenvalue weighted by Crippen LogP contribution is -2.44. The Kier molecular flexibility index (Phi) is 6.38. The SMILES string of the molecule is CC(C(=O)Nc1ccc(F)cc1)N1C(=O)/C(=C/C=C/c2ccccc2)SC1=S. The molecular formula is C21H17FN2O2S2. The van der Waals surface area contributed by atoms with Crippen LogP contribution in [0.3, 0.4) is 0 Å². The van der Waals surface area contributed by atoms with E-state index in [9.17, 15) is 14.0 Å². The molecule has 2 amide bonds. The molecule has 1 atom stereocenters. The van der Waals surface area contributed by atoms with Gasteiger partial charge in [-0.05, 0) is 42.8 Å². The van der Waals surface area contributed by atoms with Crippen molar-refractivity contribution >= 4 is 51.9 Å². The van der Waals surface area contributed by atoms with Gasteiger partial charge in [-0.15, -0.1) is 0 Å². The van der Waals surface area contributed by atoms with Gasteiger partial charge in [0.25, 0.3) is 5.91 Å². The van der Waals surface area contributed by atoms with Gasteiger partial charge in [0.1, 0.15) is 16.2 Å². The molecule has 1 unspecified atom stereocenters. The Balaban J connectivity index is 1.68.